The van der Waals surface area contributed by atoms with E-state index >= 15 is 0 Å². The number of rotatable bonds is 6. The standard InChI is InChI=1S/C12H20N4O3/c1-2-5-16-7-10(6-14-16)18-8-9-3-4-11(19-9)12(17)15-13/h6-7,9,11H,2-5,8,13H2,1H3,(H,15,17). The second-order valence-electron chi connectivity index (χ2n) is 4.58. The maximum absolute atomic E-state index is 11.3. The van der Waals surface area contributed by atoms with E-state index in [1.165, 1.54) is 0 Å². The molecule has 0 radical (unpaired) electrons. The van der Waals surface area contributed by atoms with Crippen LogP contribution in [-0.4, -0.2) is 34.5 Å². The minimum atomic E-state index is -0.457. The Hall–Kier alpha value is -1.60. The summed E-state index contributed by atoms with van der Waals surface area (Å²) in [5.41, 5.74) is 2.10. The van der Waals surface area contributed by atoms with Gasteiger partial charge in [0, 0.05) is 6.54 Å². The summed E-state index contributed by atoms with van der Waals surface area (Å²) in [6.07, 6.45) is 5.52. The number of nitrogens with one attached hydrogen (secondary N) is 1. The van der Waals surface area contributed by atoms with Crippen LogP contribution in [0.1, 0.15) is 26.2 Å². The van der Waals surface area contributed by atoms with E-state index in [-0.39, 0.29) is 12.0 Å². The van der Waals surface area contributed by atoms with Gasteiger partial charge in [-0.2, -0.15) is 5.10 Å². The molecule has 1 saturated heterocycles. The van der Waals surface area contributed by atoms with Gasteiger partial charge in [-0.25, -0.2) is 5.84 Å². The highest BCUT2D eigenvalue weighted by molar-refractivity contribution is 5.80. The van der Waals surface area contributed by atoms with Crippen molar-refractivity contribution >= 4 is 5.91 Å². The SMILES string of the molecule is CCCn1cc(OCC2CCC(C(=O)NN)O2)cn1. The van der Waals surface area contributed by atoms with Crippen molar-refractivity contribution in [2.75, 3.05) is 6.61 Å². The van der Waals surface area contributed by atoms with Gasteiger partial charge in [-0.05, 0) is 19.3 Å². The van der Waals surface area contributed by atoms with E-state index in [1.54, 1.807) is 6.20 Å². The van der Waals surface area contributed by atoms with Gasteiger partial charge in [0.1, 0.15) is 12.7 Å². The number of carbonyl (C=O) groups excluding carboxylic acids is 1. The van der Waals surface area contributed by atoms with E-state index in [2.05, 4.69) is 17.4 Å². The zero-order valence-corrected chi connectivity index (χ0v) is 11.0. The third-order valence-corrected chi connectivity index (χ3v) is 3.04. The highest BCUT2D eigenvalue weighted by Crippen LogP contribution is 2.21. The van der Waals surface area contributed by atoms with Gasteiger partial charge in [0.25, 0.3) is 5.91 Å². The zero-order valence-electron chi connectivity index (χ0n) is 11.0. The number of amides is 1. The highest BCUT2D eigenvalue weighted by Gasteiger charge is 2.30. The van der Waals surface area contributed by atoms with Crippen LogP contribution in [0.4, 0.5) is 0 Å². The van der Waals surface area contributed by atoms with Crippen LogP contribution >= 0.6 is 0 Å². The molecule has 0 saturated carbocycles. The number of hydrazine groups is 1. The average molecular weight is 268 g/mol. The Kier molecular flexibility index (Phi) is 4.75. The third kappa shape index (κ3) is 3.68. The van der Waals surface area contributed by atoms with Crippen molar-refractivity contribution < 1.29 is 14.3 Å². The molecule has 7 heteroatoms. The van der Waals surface area contributed by atoms with E-state index in [4.69, 9.17) is 15.3 Å². The van der Waals surface area contributed by atoms with Gasteiger partial charge in [-0.1, -0.05) is 6.92 Å². The van der Waals surface area contributed by atoms with Crippen molar-refractivity contribution in [3.05, 3.63) is 12.4 Å². The fraction of sp³-hybridized carbons (Fsp3) is 0.667. The van der Waals surface area contributed by atoms with Crippen LogP contribution < -0.4 is 16.0 Å². The van der Waals surface area contributed by atoms with Crippen LogP contribution in [0.15, 0.2) is 12.4 Å². The number of aromatic nitrogens is 2. The van der Waals surface area contributed by atoms with Crippen molar-refractivity contribution in [2.45, 2.75) is 44.9 Å². The van der Waals surface area contributed by atoms with E-state index in [0.717, 1.165) is 25.1 Å². The van der Waals surface area contributed by atoms with Crippen molar-refractivity contribution in [1.29, 1.82) is 0 Å². The molecule has 0 aromatic carbocycles. The van der Waals surface area contributed by atoms with Gasteiger partial charge >= 0.3 is 0 Å². The molecular formula is C12H20N4O3. The first-order valence-electron chi connectivity index (χ1n) is 6.54. The van der Waals surface area contributed by atoms with Gasteiger partial charge in [0.15, 0.2) is 5.75 Å². The molecule has 1 aliphatic rings. The Balaban J connectivity index is 1.75. The number of aryl methyl sites for hydroxylation is 1. The summed E-state index contributed by atoms with van der Waals surface area (Å²) in [4.78, 5) is 11.3. The zero-order chi connectivity index (χ0) is 13.7. The summed E-state index contributed by atoms with van der Waals surface area (Å²) >= 11 is 0. The second kappa shape index (κ2) is 6.53. The van der Waals surface area contributed by atoms with Gasteiger partial charge in [-0.3, -0.25) is 14.9 Å². The summed E-state index contributed by atoms with van der Waals surface area (Å²) in [6, 6.07) is 0. The lowest BCUT2D eigenvalue weighted by Crippen LogP contribution is -2.39. The molecule has 0 aliphatic carbocycles. The molecule has 1 amide bonds. The second-order valence-corrected chi connectivity index (χ2v) is 4.58. The predicted octanol–water partition coefficient (Wildman–Crippen LogP) is 0.209. The number of hydrogen-bond acceptors (Lipinski definition) is 5. The van der Waals surface area contributed by atoms with Crippen molar-refractivity contribution in [1.82, 2.24) is 15.2 Å². The monoisotopic (exact) mass is 268 g/mol. The molecule has 2 rings (SSSR count). The first-order chi connectivity index (χ1) is 9.22. The maximum atomic E-state index is 11.3. The smallest absolute Gasteiger partial charge is 0.263 e. The number of carbonyl (C=O) groups is 1. The fourth-order valence-electron chi connectivity index (χ4n) is 2.07. The number of nitrogens with two attached hydrogens (primary N) is 1. The van der Waals surface area contributed by atoms with E-state index in [9.17, 15) is 4.79 Å². The summed E-state index contributed by atoms with van der Waals surface area (Å²) < 4.78 is 13.0. The van der Waals surface area contributed by atoms with Crippen molar-refractivity contribution in [3.63, 3.8) is 0 Å². The summed E-state index contributed by atoms with van der Waals surface area (Å²) in [7, 11) is 0. The maximum Gasteiger partial charge on any atom is 0.263 e. The molecule has 1 aromatic rings. The quantitative estimate of drug-likeness (QED) is 0.437. The Morgan fingerprint density at radius 3 is 3.26 bits per heavy atom. The molecule has 3 N–H and O–H groups in total. The highest BCUT2D eigenvalue weighted by atomic mass is 16.5. The summed E-state index contributed by atoms with van der Waals surface area (Å²) in [5.74, 6) is 5.52. The number of hydrogen-bond donors (Lipinski definition) is 2. The number of ether oxygens (including phenoxy) is 2. The molecule has 1 aromatic heterocycles. The van der Waals surface area contributed by atoms with Gasteiger partial charge in [0.2, 0.25) is 0 Å². The normalized spacial score (nSPS) is 22.4. The molecule has 2 atom stereocenters. The van der Waals surface area contributed by atoms with Crippen molar-refractivity contribution in [2.24, 2.45) is 5.84 Å². The number of nitrogens with zero attached hydrogens (tertiary/aromatic N) is 2. The third-order valence-electron chi connectivity index (χ3n) is 3.04. The molecule has 2 heterocycles. The Morgan fingerprint density at radius 2 is 2.53 bits per heavy atom. The van der Waals surface area contributed by atoms with Crippen molar-refractivity contribution in [3.8, 4) is 5.75 Å². The van der Waals surface area contributed by atoms with E-state index < -0.39 is 6.10 Å². The van der Waals surface area contributed by atoms with E-state index in [1.807, 2.05) is 10.9 Å². The molecule has 19 heavy (non-hydrogen) atoms. The molecule has 0 bridgehead atoms. The molecule has 7 nitrogen and oxygen atoms in total. The molecule has 1 fully saturated rings. The lowest BCUT2D eigenvalue weighted by molar-refractivity contribution is -0.132. The summed E-state index contributed by atoms with van der Waals surface area (Å²) in [6.45, 7) is 3.39. The first kappa shape index (κ1) is 13.8. The van der Waals surface area contributed by atoms with Gasteiger partial charge < -0.3 is 9.47 Å². The average Bonchev–Trinajstić information content (AvgIpc) is 3.05. The Bertz CT molecular complexity index is 421. The minimum Gasteiger partial charge on any atom is -0.488 e. The van der Waals surface area contributed by atoms with Crippen LogP contribution in [0.2, 0.25) is 0 Å². The first-order valence-corrected chi connectivity index (χ1v) is 6.54. The molecule has 1 aliphatic heterocycles. The van der Waals surface area contributed by atoms with E-state index in [0.29, 0.717) is 13.0 Å². The van der Waals surface area contributed by atoms with Gasteiger partial charge in [-0.15, -0.1) is 0 Å². The van der Waals surface area contributed by atoms with Crippen LogP contribution in [0.5, 0.6) is 5.75 Å². The Morgan fingerprint density at radius 1 is 1.68 bits per heavy atom. The molecule has 2 unspecified atom stereocenters. The Labute approximate surface area is 112 Å². The lowest BCUT2D eigenvalue weighted by Gasteiger charge is -2.12. The van der Waals surface area contributed by atoms with Crippen LogP contribution in [-0.2, 0) is 16.1 Å². The predicted molar refractivity (Wildman–Crippen MR) is 68.2 cm³/mol. The van der Waals surface area contributed by atoms with Crippen LogP contribution in [0.25, 0.3) is 0 Å². The van der Waals surface area contributed by atoms with Crippen LogP contribution in [0, 0.1) is 0 Å². The summed E-state index contributed by atoms with van der Waals surface area (Å²) in [5, 5.41) is 4.18. The lowest BCUT2D eigenvalue weighted by atomic mass is 10.2. The fourth-order valence-corrected chi connectivity index (χ4v) is 2.07. The minimum absolute atomic E-state index is 0.0724. The topological polar surface area (TPSA) is 91.4 Å². The van der Waals surface area contributed by atoms with Crippen LogP contribution in [0.3, 0.4) is 0 Å². The molecule has 0 spiro atoms. The molecule has 106 valence electrons. The van der Waals surface area contributed by atoms with Gasteiger partial charge in [0.05, 0.1) is 18.5 Å². The largest absolute Gasteiger partial charge is 0.488 e. The molecular weight excluding hydrogens is 248 g/mol.